The molecule has 0 aliphatic heterocycles. The Hall–Kier alpha value is -2.83. The molecule has 1 N–H and O–H groups in total. The molecule has 6 heteroatoms. The van der Waals surface area contributed by atoms with E-state index in [0.29, 0.717) is 12.6 Å². The van der Waals surface area contributed by atoms with E-state index in [0.717, 1.165) is 53.7 Å². The van der Waals surface area contributed by atoms with E-state index in [-0.39, 0.29) is 5.56 Å². The van der Waals surface area contributed by atoms with E-state index in [1.807, 2.05) is 48.7 Å². The lowest BCUT2D eigenvalue weighted by molar-refractivity contribution is 0.465. The molecule has 0 bridgehead atoms. The molecule has 1 atom stereocenters. The predicted molar refractivity (Wildman–Crippen MR) is 121 cm³/mol. The molecule has 1 aliphatic rings. The Morgan fingerprint density at radius 1 is 1.10 bits per heavy atom. The van der Waals surface area contributed by atoms with Crippen LogP contribution in [0.15, 0.2) is 65.8 Å². The standard InChI is InChI=1S/C24H24N4OS/c29-24-22-20-10-9-19(26-13-11-18-8-4-5-12-25-18)14-21(20)30-23(22)27-16-28(24)15-17-6-2-1-3-7-17/h1-8,12,16,19,26H,9-11,13-15H2/t19-/m1/s1. The van der Waals surface area contributed by atoms with Crippen molar-refractivity contribution in [2.24, 2.45) is 0 Å². The second-order valence-electron chi connectivity index (χ2n) is 7.81. The average molecular weight is 417 g/mol. The zero-order valence-electron chi connectivity index (χ0n) is 16.8. The SMILES string of the molecule is O=c1c2c3c(sc2ncn1Cc1ccccc1)C[C@H](NCCc1ccccn1)CC3. The molecule has 0 unspecified atom stereocenters. The minimum atomic E-state index is 0.0860. The van der Waals surface area contributed by atoms with Crippen LogP contribution in [0.25, 0.3) is 10.2 Å². The van der Waals surface area contributed by atoms with Gasteiger partial charge >= 0.3 is 0 Å². The first-order valence-electron chi connectivity index (χ1n) is 10.4. The molecule has 0 amide bonds. The normalized spacial score (nSPS) is 15.9. The molecule has 1 aliphatic carbocycles. The lowest BCUT2D eigenvalue weighted by Gasteiger charge is -2.23. The van der Waals surface area contributed by atoms with E-state index in [4.69, 9.17) is 0 Å². The van der Waals surface area contributed by atoms with Crippen LogP contribution in [-0.2, 0) is 25.8 Å². The van der Waals surface area contributed by atoms with Gasteiger partial charge in [-0.3, -0.25) is 14.3 Å². The van der Waals surface area contributed by atoms with Gasteiger partial charge in [0.2, 0.25) is 0 Å². The number of pyridine rings is 1. The molecular weight excluding hydrogens is 392 g/mol. The lowest BCUT2D eigenvalue weighted by Crippen LogP contribution is -2.35. The Morgan fingerprint density at radius 2 is 1.97 bits per heavy atom. The van der Waals surface area contributed by atoms with Gasteiger partial charge in [0, 0.05) is 35.8 Å². The molecule has 0 fully saturated rings. The summed E-state index contributed by atoms with van der Waals surface area (Å²) in [4.78, 5) is 24.4. The number of hydrogen-bond acceptors (Lipinski definition) is 5. The van der Waals surface area contributed by atoms with Gasteiger partial charge in [-0.2, -0.15) is 0 Å². The summed E-state index contributed by atoms with van der Waals surface area (Å²) in [5.74, 6) is 0. The highest BCUT2D eigenvalue weighted by Crippen LogP contribution is 2.33. The molecular formula is C24H24N4OS. The van der Waals surface area contributed by atoms with Crippen LogP contribution in [0.2, 0.25) is 0 Å². The monoisotopic (exact) mass is 416 g/mol. The van der Waals surface area contributed by atoms with Crippen molar-refractivity contribution in [1.82, 2.24) is 19.9 Å². The van der Waals surface area contributed by atoms with Crippen molar-refractivity contribution in [3.63, 3.8) is 0 Å². The van der Waals surface area contributed by atoms with Crippen molar-refractivity contribution in [1.29, 1.82) is 0 Å². The van der Waals surface area contributed by atoms with Crippen LogP contribution in [-0.4, -0.2) is 27.1 Å². The number of rotatable bonds is 6. The van der Waals surface area contributed by atoms with Crippen LogP contribution in [0, 0.1) is 0 Å². The molecule has 0 saturated heterocycles. The van der Waals surface area contributed by atoms with Gasteiger partial charge in [-0.25, -0.2) is 4.98 Å². The molecule has 0 radical (unpaired) electrons. The van der Waals surface area contributed by atoms with E-state index in [9.17, 15) is 4.79 Å². The molecule has 0 spiro atoms. The molecule has 152 valence electrons. The van der Waals surface area contributed by atoms with Crippen molar-refractivity contribution in [2.75, 3.05) is 6.54 Å². The summed E-state index contributed by atoms with van der Waals surface area (Å²) in [5, 5.41) is 4.51. The Kier molecular flexibility index (Phi) is 5.43. The van der Waals surface area contributed by atoms with Gasteiger partial charge in [-0.1, -0.05) is 36.4 Å². The highest BCUT2D eigenvalue weighted by atomic mass is 32.1. The van der Waals surface area contributed by atoms with Gasteiger partial charge < -0.3 is 5.32 Å². The average Bonchev–Trinajstić information content (AvgIpc) is 3.16. The molecule has 1 aromatic carbocycles. The van der Waals surface area contributed by atoms with Crippen LogP contribution >= 0.6 is 11.3 Å². The molecule has 4 aromatic rings. The molecule has 3 heterocycles. The summed E-state index contributed by atoms with van der Waals surface area (Å²) < 4.78 is 1.74. The quantitative estimate of drug-likeness (QED) is 0.522. The maximum absolute atomic E-state index is 13.2. The molecule has 30 heavy (non-hydrogen) atoms. The summed E-state index contributed by atoms with van der Waals surface area (Å²) in [7, 11) is 0. The number of fused-ring (bicyclic) bond motifs is 3. The van der Waals surface area contributed by atoms with Gasteiger partial charge in [0.1, 0.15) is 4.83 Å². The van der Waals surface area contributed by atoms with Gasteiger partial charge in [-0.15, -0.1) is 11.3 Å². The number of nitrogens with one attached hydrogen (secondary N) is 1. The van der Waals surface area contributed by atoms with E-state index < -0.39 is 0 Å². The molecule has 5 rings (SSSR count). The van der Waals surface area contributed by atoms with E-state index in [1.54, 1.807) is 22.2 Å². The summed E-state index contributed by atoms with van der Waals surface area (Å²) in [6, 6.07) is 16.6. The van der Waals surface area contributed by atoms with Crippen LogP contribution < -0.4 is 10.9 Å². The zero-order chi connectivity index (χ0) is 20.3. The number of hydrogen-bond donors (Lipinski definition) is 1. The maximum Gasteiger partial charge on any atom is 0.262 e. The second-order valence-corrected chi connectivity index (χ2v) is 8.90. The fourth-order valence-electron chi connectivity index (χ4n) is 4.22. The first-order chi connectivity index (χ1) is 14.8. The summed E-state index contributed by atoms with van der Waals surface area (Å²) in [5.41, 5.74) is 3.54. The predicted octanol–water partition coefficient (Wildman–Crippen LogP) is 3.59. The zero-order valence-corrected chi connectivity index (χ0v) is 17.6. The number of aryl methyl sites for hydroxylation is 1. The summed E-state index contributed by atoms with van der Waals surface area (Å²) in [6.07, 6.45) is 7.43. The highest BCUT2D eigenvalue weighted by Gasteiger charge is 2.25. The Bertz CT molecular complexity index is 1200. The minimum absolute atomic E-state index is 0.0860. The fourth-order valence-corrected chi connectivity index (χ4v) is 5.48. The number of nitrogens with zero attached hydrogens (tertiary/aromatic N) is 3. The van der Waals surface area contributed by atoms with Gasteiger partial charge in [0.25, 0.3) is 5.56 Å². The molecule has 5 nitrogen and oxygen atoms in total. The van der Waals surface area contributed by atoms with Crippen LogP contribution in [0.3, 0.4) is 0 Å². The maximum atomic E-state index is 13.2. The van der Waals surface area contributed by atoms with E-state index >= 15 is 0 Å². The van der Waals surface area contributed by atoms with Gasteiger partial charge in [-0.05, 0) is 42.5 Å². The highest BCUT2D eigenvalue weighted by molar-refractivity contribution is 7.18. The van der Waals surface area contributed by atoms with Crippen LogP contribution in [0.5, 0.6) is 0 Å². The first kappa shape index (κ1) is 19.2. The summed E-state index contributed by atoms with van der Waals surface area (Å²) in [6.45, 7) is 1.48. The van der Waals surface area contributed by atoms with Crippen molar-refractivity contribution in [3.05, 3.63) is 93.1 Å². The Balaban J connectivity index is 1.32. The number of thiophene rings is 1. The van der Waals surface area contributed by atoms with Crippen LogP contribution in [0.1, 0.15) is 28.1 Å². The molecule has 0 saturated carbocycles. The van der Waals surface area contributed by atoms with Crippen molar-refractivity contribution < 1.29 is 0 Å². The topological polar surface area (TPSA) is 59.8 Å². The minimum Gasteiger partial charge on any atom is -0.313 e. The van der Waals surface area contributed by atoms with E-state index in [2.05, 4.69) is 21.4 Å². The van der Waals surface area contributed by atoms with E-state index in [1.165, 1.54) is 10.4 Å². The van der Waals surface area contributed by atoms with Gasteiger partial charge in [0.05, 0.1) is 18.3 Å². The Morgan fingerprint density at radius 3 is 2.80 bits per heavy atom. The summed E-state index contributed by atoms with van der Waals surface area (Å²) >= 11 is 1.69. The fraction of sp³-hybridized carbons (Fsp3) is 0.292. The second kappa shape index (κ2) is 8.50. The third-order valence-corrected chi connectivity index (χ3v) is 6.93. The van der Waals surface area contributed by atoms with Gasteiger partial charge in [0.15, 0.2) is 0 Å². The van der Waals surface area contributed by atoms with Crippen LogP contribution in [0.4, 0.5) is 0 Å². The Labute approximate surface area is 179 Å². The third kappa shape index (κ3) is 3.93. The van der Waals surface area contributed by atoms with Crippen molar-refractivity contribution in [2.45, 2.75) is 38.3 Å². The first-order valence-corrected chi connectivity index (χ1v) is 11.3. The largest absolute Gasteiger partial charge is 0.313 e. The number of benzene rings is 1. The third-order valence-electron chi connectivity index (χ3n) is 5.77. The van der Waals surface area contributed by atoms with Crippen molar-refractivity contribution >= 4 is 21.6 Å². The lowest BCUT2D eigenvalue weighted by atomic mass is 9.93. The van der Waals surface area contributed by atoms with Crippen molar-refractivity contribution in [3.8, 4) is 0 Å². The molecule has 3 aromatic heterocycles. The smallest absolute Gasteiger partial charge is 0.262 e. The number of aromatic nitrogens is 3.